The molecule has 7 heteroatoms. The van der Waals surface area contributed by atoms with Crippen molar-refractivity contribution in [3.63, 3.8) is 0 Å². The molecule has 0 aromatic heterocycles. The van der Waals surface area contributed by atoms with E-state index in [2.05, 4.69) is 5.32 Å². The van der Waals surface area contributed by atoms with Gasteiger partial charge in [-0.2, -0.15) is 0 Å². The molecule has 0 aliphatic rings. The van der Waals surface area contributed by atoms with Crippen molar-refractivity contribution in [2.45, 2.75) is 32.8 Å². The topological polar surface area (TPSA) is 90.9 Å². The van der Waals surface area contributed by atoms with Crippen LogP contribution in [0.2, 0.25) is 0 Å². The zero-order valence-corrected chi connectivity index (χ0v) is 17.0. The van der Waals surface area contributed by atoms with E-state index in [9.17, 15) is 14.4 Å². The van der Waals surface area contributed by atoms with Crippen molar-refractivity contribution < 1.29 is 28.6 Å². The third kappa shape index (κ3) is 6.64. The number of carbonyl (C=O) groups is 3. The van der Waals surface area contributed by atoms with Gasteiger partial charge in [-0.15, -0.1) is 0 Å². The first-order chi connectivity index (χ1) is 13.8. The zero-order chi connectivity index (χ0) is 21.4. The maximum absolute atomic E-state index is 12.5. The van der Waals surface area contributed by atoms with E-state index in [1.807, 2.05) is 12.1 Å². The van der Waals surface area contributed by atoms with Crippen LogP contribution in [0.5, 0.6) is 11.5 Å². The zero-order valence-electron chi connectivity index (χ0n) is 17.0. The fourth-order valence-corrected chi connectivity index (χ4v) is 2.72. The minimum Gasteiger partial charge on any atom is -0.497 e. The summed E-state index contributed by atoms with van der Waals surface area (Å²) in [6.45, 7) is 2.94. The molecule has 0 fully saturated rings. The largest absolute Gasteiger partial charge is 0.497 e. The molecule has 0 spiro atoms. The van der Waals surface area contributed by atoms with E-state index >= 15 is 0 Å². The Labute approximate surface area is 170 Å². The van der Waals surface area contributed by atoms with Crippen molar-refractivity contribution in [2.24, 2.45) is 0 Å². The van der Waals surface area contributed by atoms with Gasteiger partial charge in [0.15, 0.2) is 6.10 Å². The number of carbonyl (C=O) groups excluding carboxylic acids is 3. The molecule has 2 aromatic rings. The fraction of sp³-hybridized carbons (Fsp3) is 0.318. The Kier molecular flexibility index (Phi) is 7.77. The van der Waals surface area contributed by atoms with Gasteiger partial charge in [-0.3, -0.25) is 14.4 Å². The number of amides is 1. The summed E-state index contributed by atoms with van der Waals surface area (Å²) >= 11 is 0. The van der Waals surface area contributed by atoms with Crippen LogP contribution in [-0.2, 0) is 20.7 Å². The van der Waals surface area contributed by atoms with Crippen molar-refractivity contribution in [2.75, 3.05) is 19.5 Å². The van der Waals surface area contributed by atoms with E-state index in [1.165, 1.54) is 13.8 Å². The minimum atomic E-state index is -0.908. The number of ether oxygens (including phenoxy) is 3. The number of hydrogen-bond donors (Lipinski definition) is 1. The highest BCUT2D eigenvalue weighted by Crippen LogP contribution is 2.23. The first-order valence-electron chi connectivity index (χ1n) is 9.15. The molecule has 0 aliphatic heterocycles. The minimum absolute atomic E-state index is 0.120. The lowest BCUT2D eigenvalue weighted by Gasteiger charge is -2.13. The highest BCUT2D eigenvalue weighted by molar-refractivity contribution is 6.00. The SMILES string of the molecule is COc1cc(CCC(=O)O[C@@H](C)C(=O)c2ccc(NC(C)=O)cc2)cc(OC)c1. The molecule has 0 heterocycles. The van der Waals surface area contributed by atoms with E-state index in [4.69, 9.17) is 14.2 Å². The number of hydrogen-bond acceptors (Lipinski definition) is 6. The number of rotatable bonds is 9. The molecule has 0 saturated heterocycles. The van der Waals surface area contributed by atoms with E-state index < -0.39 is 12.1 Å². The van der Waals surface area contributed by atoms with Gasteiger partial charge in [0.25, 0.3) is 0 Å². The number of Topliss-reactive ketones (excluding diaryl/α,β-unsaturated/α-hetero) is 1. The van der Waals surface area contributed by atoms with Gasteiger partial charge in [-0.1, -0.05) is 0 Å². The van der Waals surface area contributed by atoms with Crippen LogP contribution in [-0.4, -0.2) is 38.0 Å². The first kappa shape index (κ1) is 21.9. The molecule has 1 amide bonds. The van der Waals surface area contributed by atoms with Crippen molar-refractivity contribution in [1.29, 1.82) is 0 Å². The van der Waals surface area contributed by atoms with Gasteiger partial charge in [-0.05, 0) is 55.3 Å². The number of aryl methyl sites for hydroxylation is 1. The van der Waals surface area contributed by atoms with Crippen LogP contribution in [0.3, 0.4) is 0 Å². The number of esters is 1. The van der Waals surface area contributed by atoms with Crippen molar-refractivity contribution in [3.8, 4) is 11.5 Å². The normalized spacial score (nSPS) is 11.3. The fourth-order valence-electron chi connectivity index (χ4n) is 2.72. The van der Waals surface area contributed by atoms with Crippen LogP contribution in [0, 0.1) is 0 Å². The average Bonchev–Trinajstić information content (AvgIpc) is 2.71. The number of anilines is 1. The summed E-state index contributed by atoms with van der Waals surface area (Å²) in [4.78, 5) is 35.7. The van der Waals surface area contributed by atoms with Crippen LogP contribution >= 0.6 is 0 Å². The van der Waals surface area contributed by atoms with Crippen molar-refractivity contribution in [3.05, 3.63) is 53.6 Å². The summed E-state index contributed by atoms with van der Waals surface area (Å²) in [6.07, 6.45) is -0.359. The Morgan fingerprint density at radius 1 is 0.966 bits per heavy atom. The molecule has 1 atom stereocenters. The molecule has 0 bridgehead atoms. The molecule has 2 rings (SSSR count). The Morgan fingerprint density at radius 2 is 1.55 bits per heavy atom. The molecule has 29 heavy (non-hydrogen) atoms. The highest BCUT2D eigenvalue weighted by Gasteiger charge is 2.19. The standard InChI is InChI=1S/C22H25NO6/c1-14(22(26)17-6-8-18(9-7-17)23-15(2)24)29-21(25)10-5-16-11-19(27-3)13-20(12-16)28-4/h6-9,11-14H,5,10H2,1-4H3,(H,23,24)/t14-/m0/s1. The van der Waals surface area contributed by atoms with Crippen LogP contribution in [0.15, 0.2) is 42.5 Å². The van der Waals surface area contributed by atoms with Gasteiger partial charge in [0.2, 0.25) is 11.7 Å². The number of nitrogens with one attached hydrogen (secondary N) is 1. The Hall–Kier alpha value is -3.35. The molecule has 0 saturated carbocycles. The van der Waals surface area contributed by atoms with Gasteiger partial charge in [-0.25, -0.2) is 0 Å². The second-order valence-corrected chi connectivity index (χ2v) is 6.48. The van der Waals surface area contributed by atoms with Gasteiger partial charge < -0.3 is 19.5 Å². The van der Waals surface area contributed by atoms with Crippen LogP contribution < -0.4 is 14.8 Å². The molecule has 1 N–H and O–H groups in total. The third-order valence-electron chi connectivity index (χ3n) is 4.20. The highest BCUT2D eigenvalue weighted by atomic mass is 16.5. The summed E-state index contributed by atoms with van der Waals surface area (Å²) in [5.74, 6) is 0.302. The summed E-state index contributed by atoms with van der Waals surface area (Å²) in [7, 11) is 3.12. The van der Waals surface area contributed by atoms with E-state index in [1.54, 1.807) is 44.6 Å². The van der Waals surface area contributed by atoms with E-state index in [0.29, 0.717) is 29.2 Å². The quantitative estimate of drug-likeness (QED) is 0.513. The predicted octanol–water partition coefficient (Wildman–Crippen LogP) is 3.41. The molecule has 0 radical (unpaired) electrons. The van der Waals surface area contributed by atoms with Gasteiger partial charge in [0.05, 0.1) is 14.2 Å². The summed E-state index contributed by atoms with van der Waals surface area (Å²) in [5, 5.41) is 2.63. The predicted molar refractivity (Wildman–Crippen MR) is 108 cm³/mol. The van der Waals surface area contributed by atoms with Crippen LogP contribution in [0.1, 0.15) is 36.2 Å². The molecule has 0 aliphatic carbocycles. The van der Waals surface area contributed by atoms with Crippen molar-refractivity contribution >= 4 is 23.3 Å². The second kappa shape index (κ2) is 10.3. The maximum atomic E-state index is 12.5. The lowest BCUT2D eigenvalue weighted by molar-refractivity contribution is -0.146. The van der Waals surface area contributed by atoms with Gasteiger partial charge in [0.1, 0.15) is 11.5 Å². The van der Waals surface area contributed by atoms with E-state index in [0.717, 1.165) is 5.56 Å². The lowest BCUT2D eigenvalue weighted by atomic mass is 10.1. The van der Waals surface area contributed by atoms with Crippen LogP contribution in [0.4, 0.5) is 5.69 Å². The van der Waals surface area contributed by atoms with Crippen LogP contribution in [0.25, 0.3) is 0 Å². The van der Waals surface area contributed by atoms with Crippen molar-refractivity contribution in [1.82, 2.24) is 0 Å². The first-order valence-corrected chi connectivity index (χ1v) is 9.15. The average molecular weight is 399 g/mol. The van der Waals surface area contributed by atoms with Gasteiger partial charge in [0, 0.05) is 30.7 Å². The lowest BCUT2D eigenvalue weighted by Crippen LogP contribution is -2.24. The second-order valence-electron chi connectivity index (χ2n) is 6.48. The molecule has 154 valence electrons. The summed E-state index contributed by atoms with van der Waals surface area (Å²) in [6, 6.07) is 11.8. The molecule has 0 unspecified atom stereocenters. The molecular formula is C22H25NO6. The number of benzene rings is 2. The number of ketones is 1. The Bertz CT molecular complexity index is 853. The smallest absolute Gasteiger partial charge is 0.306 e. The van der Waals surface area contributed by atoms with E-state index in [-0.39, 0.29) is 18.1 Å². The molecule has 2 aromatic carbocycles. The Balaban J connectivity index is 1.91. The number of methoxy groups -OCH3 is 2. The Morgan fingerprint density at radius 3 is 2.07 bits per heavy atom. The maximum Gasteiger partial charge on any atom is 0.306 e. The monoisotopic (exact) mass is 399 g/mol. The molecule has 7 nitrogen and oxygen atoms in total. The van der Waals surface area contributed by atoms with Gasteiger partial charge >= 0.3 is 5.97 Å². The summed E-state index contributed by atoms with van der Waals surface area (Å²) < 4.78 is 15.7. The molecular weight excluding hydrogens is 374 g/mol. The third-order valence-corrected chi connectivity index (χ3v) is 4.20. The summed E-state index contributed by atoms with van der Waals surface area (Å²) in [5.41, 5.74) is 1.86.